The number of carbonyl (C=O) groups excluding carboxylic acids is 2. The van der Waals surface area contributed by atoms with Crippen LogP contribution >= 0.6 is 23.6 Å². The Balaban J connectivity index is 4.07. The Morgan fingerprint density at radius 3 is 1.30 bits per heavy atom. The highest BCUT2D eigenvalue weighted by Gasteiger charge is 2.18. The monoisotopic (exact) mass is 186 g/mol. The van der Waals surface area contributed by atoms with Crippen LogP contribution in [0.25, 0.3) is 0 Å². The summed E-state index contributed by atoms with van der Waals surface area (Å²) < 4.78 is 0.285. The quantitative estimate of drug-likeness (QED) is 0.411. The second-order valence-corrected chi connectivity index (χ2v) is 1.84. The molecule has 0 atom stereocenters. The van der Waals surface area contributed by atoms with E-state index in [2.05, 4.69) is 11.5 Å². The van der Waals surface area contributed by atoms with Crippen LogP contribution in [0.2, 0.25) is 0 Å². The molecular weight excluding hydrogens is 183 g/mol. The minimum atomic E-state index is -1.10. The van der Waals surface area contributed by atoms with Crippen LogP contribution in [-0.2, 0) is 0 Å². The summed E-state index contributed by atoms with van der Waals surface area (Å²) in [6.45, 7) is 0. The molecule has 0 aromatic heterocycles. The summed E-state index contributed by atoms with van der Waals surface area (Å²) in [6, 6.07) is -2.20. The Morgan fingerprint density at radius 2 is 1.20 bits per heavy atom. The lowest BCUT2D eigenvalue weighted by Crippen LogP contribution is -2.43. The topological polar surface area (TPSA) is 92.7 Å². The molecule has 0 spiro atoms. The standard InChI is InChI=1S/C2H4Cl2N4O2/c3-7(1(5)9)8(4)2(6)10/h(H2,5,9)(H2,6,10). The van der Waals surface area contributed by atoms with Crippen LogP contribution in [0.4, 0.5) is 9.59 Å². The molecule has 6 nitrogen and oxygen atoms in total. The number of carbonyl (C=O) groups is 2. The Labute approximate surface area is 66.4 Å². The lowest BCUT2D eigenvalue weighted by molar-refractivity contribution is 0.173. The summed E-state index contributed by atoms with van der Waals surface area (Å²) >= 11 is 10.0. The average molecular weight is 187 g/mol. The van der Waals surface area contributed by atoms with E-state index in [1.165, 1.54) is 0 Å². The summed E-state index contributed by atoms with van der Waals surface area (Å²) in [5, 5.41) is 0. The fraction of sp³-hybridized carbons (Fsp3) is 0. The molecule has 4 amide bonds. The molecule has 8 heteroatoms. The Bertz CT molecular complexity index is 143. The number of primary amides is 2. The van der Waals surface area contributed by atoms with Gasteiger partial charge in [-0.2, -0.15) is 0 Å². The summed E-state index contributed by atoms with van der Waals surface area (Å²) in [5.74, 6) is 0. The minimum Gasteiger partial charge on any atom is -0.349 e. The van der Waals surface area contributed by atoms with Gasteiger partial charge < -0.3 is 11.5 Å². The van der Waals surface area contributed by atoms with Gasteiger partial charge in [-0.05, 0) is 0 Å². The minimum absolute atomic E-state index is 0.143. The number of halogens is 2. The molecule has 0 rings (SSSR count). The van der Waals surface area contributed by atoms with Gasteiger partial charge in [0.2, 0.25) is 0 Å². The van der Waals surface area contributed by atoms with Crippen LogP contribution in [0, 0.1) is 0 Å². The van der Waals surface area contributed by atoms with Gasteiger partial charge in [-0.25, -0.2) is 9.59 Å². The van der Waals surface area contributed by atoms with Gasteiger partial charge >= 0.3 is 12.1 Å². The Morgan fingerprint density at radius 1 is 1.00 bits per heavy atom. The first kappa shape index (κ1) is 9.12. The van der Waals surface area contributed by atoms with E-state index in [4.69, 9.17) is 23.6 Å². The number of hydrazine groups is 1. The number of amides is 4. The highest BCUT2D eigenvalue weighted by atomic mass is 35.5. The molecule has 0 aliphatic rings. The maximum Gasteiger partial charge on any atom is 0.350 e. The molecule has 0 saturated heterocycles. The van der Waals surface area contributed by atoms with Crippen molar-refractivity contribution in [3.63, 3.8) is 0 Å². The third-order valence-corrected chi connectivity index (χ3v) is 1.23. The van der Waals surface area contributed by atoms with Crippen molar-refractivity contribution in [1.29, 1.82) is 0 Å². The van der Waals surface area contributed by atoms with Gasteiger partial charge in [0, 0.05) is 23.6 Å². The molecule has 0 radical (unpaired) electrons. The summed E-state index contributed by atoms with van der Waals surface area (Å²) in [7, 11) is 0. The smallest absolute Gasteiger partial charge is 0.349 e. The normalized spacial score (nSPS) is 8.60. The molecule has 0 aliphatic heterocycles. The van der Waals surface area contributed by atoms with Crippen LogP contribution < -0.4 is 11.5 Å². The summed E-state index contributed by atoms with van der Waals surface area (Å²) in [4.78, 5) is 20.3. The molecule has 0 heterocycles. The second-order valence-electron chi connectivity index (χ2n) is 1.20. The first-order valence-electron chi connectivity index (χ1n) is 1.97. The van der Waals surface area contributed by atoms with Crippen molar-refractivity contribution in [3.05, 3.63) is 0 Å². The zero-order valence-electron chi connectivity index (χ0n) is 4.62. The first-order chi connectivity index (χ1) is 4.46. The summed E-state index contributed by atoms with van der Waals surface area (Å²) in [6.07, 6.45) is 0. The fourth-order valence-electron chi connectivity index (χ4n) is 0.173. The van der Waals surface area contributed by atoms with Crippen molar-refractivity contribution < 1.29 is 9.59 Å². The van der Waals surface area contributed by atoms with E-state index < -0.39 is 12.1 Å². The van der Waals surface area contributed by atoms with Gasteiger partial charge in [-0.3, -0.25) is 0 Å². The van der Waals surface area contributed by atoms with Crippen LogP contribution in [0.1, 0.15) is 0 Å². The van der Waals surface area contributed by atoms with Gasteiger partial charge in [0.25, 0.3) is 0 Å². The lowest BCUT2D eigenvalue weighted by atomic mass is 11.1. The number of nitrogens with zero attached hydrogens (tertiary/aromatic N) is 2. The maximum absolute atomic E-state index is 10.1. The zero-order chi connectivity index (χ0) is 8.31. The van der Waals surface area contributed by atoms with E-state index in [9.17, 15) is 9.59 Å². The number of nitrogens with two attached hydrogens (primary N) is 2. The maximum atomic E-state index is 10.1. The third kappa shape index (κ3) is 2.16. The molecule has 0 aromatic rings. The van der Waals surface area contributed by atoms with Gasteiger partial charge in [0.1, 0.15) is 0 Å². The van der Waals surface area contributed by atoms with Crippen molar-refractivity contribution in [2.24, 2.45) is 11.5 Å². The van der Waals surface area contributed by atoms with Crippen LogP contribution in [-0.4, -0.2) is 21.1 Å². The van der Waals surface area contributed by atoms with E-state index in [1.807, 2.05) is 0 Å². The molecule has 0 saturated carbocycles. The van der Waals surface area contributed by atoms with E-state index in [0.717, 1.165) is 0 Å². The average Bonchev–Trinajstić information content (AvgIpc) is 1.84. The van der Waals surface area contributed by atoms with Gasteiger partial charge in [-0.1, -0.05) is 0 Å². The Kier molecular flexibility index (Phi) is 3.04. The van der Waals surface area contributed by atoms with Crippen LogP contribution in [0.15, 0.2) is 0 Å². The van der Waals surface area contributed by atoms with E-state index in [1.54, 1.807) is 0 Å². The number of urea groups is 2. The Hall–Kier alpha value is -0.880. The highest BCUT2D eigenvalue weighted by molar-refractivity contribution is 6.28. The van der Waals surface area contributed by atoms with E-state index in [-0.39, 0.29) is 9.06 Å². The van der Waals surface area contributed by atoms with Gasteiger partial charge in [0.15, 0.2) is 0 Å². The molecule has 0 aromatic carbocycles. The zero-order valence-corrected chi connectivity index (χ0v) is 6.13. The number of hydrogen-bond acceptors (Lipinski definition) is 2. The predicted molar refractivity (Wildman–Crippen MR) is 34.6 cm³/mol. The molecular formula is C2H4Cl2N4O2. The first-order valence-corrected chi connectivity index (χ1v) is 2.65. The predicted octanol–water partition coefficient (Wildman–Crippen LogP) is -0.0296. The number of rotatable bonds is 0. The van der Waals surface area contributed by atoms with Gasteiger partial charge in [-0.15, -0.1) is 9.06 Å². The van der Waals surface area contributed by atoms with Crippen molar-refractivity contribution in [2.45, 2.75) is 0 Å². The SMILES string of the molecule is NC(=O)N(Cl)N(Cl)C(N)=O. The van der Waals surface area contributed by atoms with E-state index >= 15 is 0 Å². The van der Waals surface area contributed by atoms with Crippen molar-refractivity contribution >= 4 is 35.6 Å². The van der Waals surface area contributed by atoms with Crippen LogP contribution in [0.3, 0.4) is 0 Å². The molecule has 58 valence electrons. The third-order valence-electron chi connectivity index (χ3n) is 0.518. The number of hydrogen-bond donors (Lipinski definition) is 2. The largest absolute Gasteiger partial charge is 0.350 e. The molecule has 4 N–H and O–H groups in total. The van der Waals surface area contributed by atoms with E-state index in [0.29, 0.717) is 0 Å². The lowest BCUT2D eigenvalue weighted by Gasteiger charge is -2.16. The second kappa shape index (κ2) is 3.33. The summed E-state index contributed by atoms with van der Waals surface area (Å²) in [5.41, 5.74) is 9.19. The fourth-order valence-corrected chi connectivity index (χ4v) is 0.322. The van der Waals surface area contributed by atoms with Gasteiger partial charge in [0.05, 0.1) is 0 Å². The van der Waals surface area contributed by atoms with Crippen molar-refractivity contribution in [2.75, 3.05) is 0 Å². The van der Waals surface area contributed by atoms with Crippen LogP contribution in [0.5, 0.6) is 0 Å². The van der Waals surface area contributed by atoms with Crippen molar-refractivity contribution in [1.82, 2.24) is 9.06 Å². The molecule has 0 unspecified atom stereocenters. The molecule has 0 aliphatic carbocycles. The highest BCUT2D eigenvalue weighted by Crippen LogP contribution is 2.04. The molecule has 0 bridgehead atoms. The molecule has 0 fully saturated rings. The van der Waals surface area contributed by atoms with Crippen molar-refractivity contribution in [3.8, 4) is 0 Å². The molecule has 10 heavy (non-hydrogen) atoms.